The van der Waals surface area contributed by atoms with E-state index in [-0.39, 0.29) is 17.7 Å². The highest BCUT2D eigenvalue weighted by Crippen LogP contribution is 2.30. The van der Waals surface area contributed by atoms with Gasteiger partial charge < -0.3 is 14.7 Å². The van der Waals surface area contributed by atoms with Gasteiger partial charge in [-0.25, -0.2) is 9.97 Å². The van der Waals surface area contributed by atoms with E-state index in [0.29, 0.717) is 31.6 Å². The lowest BCUT2D eigenvalue weighted by atomic mass is 9.94. The molecule has 0 atom stereocenters. The summed E-state index contributed by atoms with van der Waals surface area (Å²) in [6.45, 7) is 3.28. The number of anilines is 1. The van der Waals surface area contributed by atoms with Crippen LogP contribution in [-0.4, -0.2) is 69.8 Å². The second-order valence-corrected chi connectivity index (χ2v) is 11.1. The predicted molar refractivity (Wildman–Crippen MR) is 163 cm³/mol. The molecule has 42 heavy (non-hydrogen) atoms. The SMILES string of the molecule is CN(CCc1ccccn1)C(=O)C1CCN(c2ncnc3c2CN(C(=O)c2ccc(-c4ccccc4)cc2)CC3)CC1. The number of likely N-dealkylation sites (N-methyl/N-ethyl adjacent to an activating group) is 1. The summed E-state index contributed by atoms with van der Waals surface area (Å²) < 4.78 is 0. The van der Waals surface area contributed by atoms with Crippen molar-refractivity contribution in [3.63, 3.8) is 0 Å². The molecule has 2 aromatic heterocycles. The highest BCUT2D eigenvalue weighted by atomic mass is 16.2. The van der Waals surface area contributed by atoms with Crippen LogP contribution in [0.25, 0.3) is 11.1 Å². The van der Waals surface area contributed by atoms with Crippen molar-refractivity contribution < 1.29 is 9.59 Å². The lowest BCUT2D eigenvalue weighted by Crippen LogP contribution is -2.43. The molecule has 0 spiro atoms. The summed E-state index contributed by atoms with van der Waals surface area (Å²) in [5.41, 5.74) is 5.94. The fourth-order valence-corrected chi connectivity index (χ4v) is 5.98. The van der Waals surface area contributed by atoms with Crippen LogP contribution in [0.4, 0.5) is 5.82 Å². The molecule has 1 saturated heterocycles. The molecular weight excluding hydrogens is 524 g/mol. The molecule has 0 aliphatic carbocycles. The van der Waals surface area contributed by atoms with Crippen LogP contribution in [-0.2, 0) is 24.2 Å². The Kier molecular flexibility index (Phi) is 8.21. The Morgan fingerprint density at radius 1 is 0.857 bits per heavy atom. The van der Waals surface area contributed by atoms with E-state index in [2.05, 4.69) is 32.0 Å². The van der Waals surface area contributed by atoms with Gasteiger partial charge in [-0.1, -0.05) is 48.5 Å². The number of aromatic nitrogens is 3. The van der Waals surface area contributed by atoms with Crippen LogP contribution >= 0.6 is 0 Å². The second-order valence-electron chi connectivity index (χ2n) is 11.1. The van der Waals surface area contributed by atoms with Gasteiger partial charge in [-0.15, -0.1) is 0 Å². The number of pyridine rings is 1. The van der Waals surface area contributed by atoms with Crippen LogP contribution < -0.4 is 4.90 Å². The molecule has 8 heteroatoms. The van der Waals surface area contributed by atoms with Gasteiger partial charge in [-0.2, -0.15) is 0 Å². The van der Waals surface area contributed by atoms with Gasteiger partial charge in [-0.3, -0.25) is 14.6 Å². The summed E-state index contributed by atoms with van der Waals surface area (Å²) in [6.07, 6.45) is 6.44. The number of rotatable bonds is 7. The summed E-state index contributed by atoms with van der Waals surface area (Å²) in [6, 6.07) is 23.9. The number of benzene rings is 2. The summed E-state index contributed by atoms with van der Waals surface area (Å²) in [5, 5.41) is 0. The maximum absolute atomic E-state index is 13.5. The molecule has 0 saturated carbocycles. The van der Waals surface area contributed by atoms with E-state index < -0.39 is 0 Å². The topological polar surface area (TPSA) is 82.5 Å². The Bertz CT molecular complexity index is 1520. The number of fused-ring (bicyclic) bond motifs is 1. The molecule has 2 aliphatic heterocycles. The number of hydrogen-bond acceptors (Lipinski definition) is 6. The summed E-state index contributed by atoms with van der Waals surface area (Å²) in [4.78, 5) is 46.3. The van der Waals surface area contributed by atoms with E-state index >= 15 is 0 Å². The van der Waals surface area contributed by atoms with Crippen molar-refractivity contribution in [2.45, 2.75) is 32.2 Å². The minimum Gasteiger partial charge on any atom is -0.356 e. The molecule has 4 aromatic rings. The van der Waals surface area contributed by atoms with Crippen LogP contribution in [0.5, 0.6) is 0 Å². The molecule has 0 unspecified atom stereocenters. The van der Waals surface area contributed by atoms with Crippen molar-refractivity contribution >= 4 is 17.6 Å². The average molecular weight is 561 g/mol. The highest BCUT2D eigenvalue weighted by Gasteiger charge is 2.31. The van der Waals surface area contributed by atoms with Gasteiger partial charge in [0.25, 0.3) is 5.91 Å². The number of hydrogen-bond donors (Lipinski definition) is 0. The normalized spacial score (nSPS) is 15.3. The van der Waals surface area contributed by atoms with Gasteiger partial charge in [-0.05, 0) is 48.2 Å². The van der Waals surface area contributed by atoms with Crippen LogP contribution in [0.3, 0.4) is 0 Å². The fraction of sp³-hybridized carbons (Fsp3) is 0.324. The van der Waals surface area contributed by atoms with Gasteiger partial charge in [0.1, 0.15) is 12.1 Å². The minimum atomic E-state index is 0.00424. The van der Waals surface area contributed by atoms with Crippen molar-refractivity contribution in [3.8, 4) is 11.1 Å². The van der Waals surface area contributed by atoms with E-state index in [9.17, 15) is 9.59 Å². The van der Waals surface area contributed by atoms with Crippen LogP contribution in [0.15, 0.2) is 85.3 Å². The van der Waals surface area contributed by atoms with Gasteiger partial charge >= 0.3 is 0 Å². The number of amides is 2. The van der Waals surface area contributed by atoms with Gasteiger partial charge in [0.05, 0.1) is 12.2 Å². The Morgan fingerprint density at radius 2 is 1.60 bits per heavy atom. The summed E-state index contributed by atoms with van der Waals surface area (Å²) >= 11 is 0. The van der Waals surface area contributed by atoms with Crippen molar-refractivity contribution in [2.24, 2.45) is 5.92 Å². The molecule has 2 amide bonds. The zero-order chi connectivity index (χ0) is 28.9. The molecule has 1 fully saturated rings. The Balaban J connectivity index is 1.08. The van der Waals surface area contributed by atoms with Gasteiger partial charge in [0.15, 0.2) is 0 Å². The molecular formula is C34H36N6O2. The molecule has 0 radical (unpaired) electrons. The number of carbonyl (C=O) groups excluding carboxylic acids is 2. The number of carbonyl (C=O) groups is 2. The second kappa shape index (κ2) is 12.5. The zero-order valence-corrected chi connectivity index (χ0v) is 24.0. The third-order valence-corrected chi connectivity index (χ3v) is 8.45. The van der Waals surface area contributed by atoms with Crippen LogP contribution in [0, 0.1) is 5.92 Å². The zero-order valence-electron chi connectivity index (χ0n) is 24.0. The molecule has 2 aliphatic rings. The van der Waals surface area contributed by atoms with Crippen LogP contribution in [0.1, 0.15) is 40.2 Å². The Morgan fingerprint density at radius 3 is 2.33 bits per heavy atom. The number of nitrogens with zero attached hydrogens (tertiary/aromatic N) is 6. The largest absolute Gasteiger partial charge is 0.356 e. The van der Waals surface area contributed by atoms with Crippen molar-refractivity contribution in [1.29, 1.82) is 0 Å². The summed E-state index contributed by atoms with van der Waals surface area (Å²) in [5.74, 6) is 1.12. The van der Waals surface area contributed by atoms with Crippen molar-refractivity contribution in [2.75, 3.05) is 38.1 Å². The monoisotopic (exact) mass is 560 g/mol. The molecule has 8 nitrogen and oxygen atoms in total. The molecule has 4 heterocycles. The lowest BCUT2D eigenvalue weighted by Gasteiger charge is -2.36. The first kappa shape index (κ1) is 27.6. The van der Waals surface area contributed by atoms with Gasteiger partial charge in [0, 0.05) is 75.0 Å². The fourth-order valence-electron chi connectivity index (χ4n) is 5.98. The standard InChI is InChI=1S/C34H36N6O2/c1-38(19-16-29-9-5-6-18-35-29)33(41)28-14-20-39(21-15-28)32-30-23-40(22-17-31(30)36-24-37-32)34(42)27-12-10-26(11-13-27)25-7-3-2-4-8-25/h2-13,18,24,28H,14-17,19-23H2,1H3. The maximum atomic E-state index is 13.5. The molecule has 214 valence electrons. The maximum Gasteiger partial charge on any atom is 0.254 e. The van der Waals surface area contributed by atoms with E-state index in [0.717, 1.165) is 66.2 Å². The molecule has 0 N–H and O–H groups in total. The summed E-state index contributed by atoms with van der Waals surface area (Å²) in [7, 11) is 1.89. The van der Waals surface area contributed by atoms with Crippen LogP contribution in [0.2, 0.25) is 0 Å². The first-order valence-electron chi connectivity index (χ1n) is 14.7. The van der Waals surface area contributed by atoms with Crippen molar-refractivity contribution in [3.05, 3.63) is 108 Å². The Labute approximate surface area is 247 Å². The van der Waals surface area contributed by atoms with E-state index in [1.165, 1.54) is 0 Å². The first-order valence-corrected chi connectivity index (χ1v) is 14.7. The predicted octanol–water partition coefficient (Wildman–Crippen LogP) is 4.65. The minimum absolute atomic E-state index is 0.00424. The lowest BCUT2D eigenvalue weighted by molar-refractivity contribution is -0.134. The molecule has 0 bridgehead atoms. The van der Waals surface area contributed by atoms with E-state index in [4.69, 9.17) is 0 Å². The third-order valence-electron chi connectivity index (χ3n) is 8.45. The first-order chi connectivity index (χ1) is 20.6. The molecule has 6 rings (SSSR count). The van der Waals surface area contributed by atoms with E-state index in [1.807, 2.05) is 77.5 Å². The van der Waals surface area contributed by atoms with E-state index in [1.54, 1.807) is 12.5 Å². The smallest absolute Gasteiger partial charge is 0.254 e. The average Bonchev–Trinajstić information content (AvgIpc) is 3.07. The third kappa shape index (κ3) is 6.03. The van der Waals surface area contributed by atoms with Crippen molar-refractivity contribution in [1.82, 2.24) is 24.8 Å². The van der Waals surface area contributed by atoms with Gasteiger partial charge in [0.2, 0.25) is 5.91 Å². The molecule has 2 aromatic carbocycles. The Hall–Kier alpha value is -4.59. The highest BCUT2D eigenvalue weighted by molar-refractivity contribution is 5.95. The number of piperidine rings is 1. The quantitative estimate of drug-likeness (QED) is 0.327.